The maximum Gasteiger partial charge on any atom is 0.345 e. The number of hydrogen-bond donors (Lipinski definition) is 1. The lowest BCUT2D eigenvalue weighted by Gasteiger charge is -2.12. The molecule has 0 unspecified atom stereocenters. The summed E-state index contributed by atoms with van der Waals surface area (Å²) in [6, 6.07) is 5.29. The Bertz CT molecular complexity index is 710. The van der Waals surface area contributed by atoms with Crippen LogP contribution in [0.1, 0.15) is 17.3 Å². The van der Waals surface area contributed by atoms with E-state index < -0.39 is 17.3 Å². The van der Waals surface area contributed by atoms with E-state index in [0.717, 1.165) is 6.20 Å². The van der Waals surface area contributed by atoms with Crippen LogP contribution in [0.3, 0.4) is 0 Å². The lowest BCUT2D eigenvalue weighted by atomic mass is 10.3. The topological polar surface area (TPSA) is 73.2 Å². The first-order valence-corrected chi connectivity index (χ1v) is 6.31. The quantitative estimate of drug-likeness (QED) is 0.866. The number of nitrogens with zero attached hydrogens (tertiary/aromatic N) is 2. The predicted octanol–water partition coefficient (Wildman–Crippen LogP) is 1.59. The zero-order valence-corrected chi connectivity index (χ0v) is 11.6. The van der Waals surface area contributed by atoms with Crippen molar-refractivity contribution >= 4 is 11.9 Å². The first kappa shape index (κ1) is 14.7. The van der Waals surface area contributed by atoms with Gasteiger partial charge in [0.1, 0.15) is 11.4 Å². The highest BCUT2D eigenvalue weighted by molar-refractivity contribution is 5.88. The smallest absolute Gasteiger partial charge is 0.345 e. The van der Waals surface area contributed by atoms with Crippen molar-refractivity contribution in [2.75, 3.05) is 19.0 Å². The van der Waals surface area contributed by atoms with Crippen LogP contribution < -0.4 is 10.9 Å². The van der Waals surface area contributed by atoms with Gasteiger partial charge < -0.3 is 10.1 Å². The Balaban J connectivity index is 2.62. The van der Waals surface area contributed by atoms with Gasteiger partial charge in [0.05, 0.1) is 18.5 Å². The Morgan fingerprint density at radius 1 is 1.38 bits per heavy atom. The van der Waals surface area contributed by atoms with E-state index in [0.29, 0.717) is 5.69 Å². The van der Waals surface area contributed by atoms with E-state index in [1.54, 1.807) is 14.0 Å². The molecular formula is C14H14FN3O3. The van der Waals surface area contributed by atoms with Gasteiger partial charge in [0.25, 0.3) is 5.56 Å². The summed E-state index contributed by atoms with van der Waals surface area (Å²) in [6.45, 7) is 1.80. The van der Waals surface area contributed by atoms with Crippen LogP contribution in [0.15, 0.2) is 35.3 Å². The normalized spacial score (nSPS) is 10.2. The van der Waals surface area contributed by atoms with Gasteiger partial charge in [0, 0.05) is 7.05 Å². The standard InChI is InChI=1S/C14H14FN3O3/c1-3-21-13(20)11-8-17-14(16-2)18(12(11)19)10-6-4-9(15)5-7-10/h4-8H,3H2,1-2H3,(H,16,17). The molecule has 110 valence electrons. The molecule has 0 atom stereocenters. The lowest BCUT2D eigenvalue weighted by molar-refractivity contribution is 0.0523. The molecule has 0 aliphatic heterocycles. The SMILES string of the molecule is CCOC(=O)c1cnc(NC)n(-c2ccc(F)cc2)c1=O. The van der Waals surface area contributed by atoms with Crippen LogP contribution >= 0.6 is 0 Å². The molecule has 21 heavy (non-hydrogen) atoms. The maximum atomic E-state index is 13.0. The van der Waals surface area contributed by atoms with E-state index in [-0.39, 0.29) is 18.1 Å². The van der Waals surface area contributed by atoms with Gasteiger partial charge in [-0.1, -0.05) is 0 Å². The van der Waals surface area contributed by atoms with Crippen molar-refractivity contribution in [3.8, 4) is 5.69 Å². The van der Waals surface area contributed by atoms with Crippen LogP contribution in [-0.2, 0) is 4.74 Å². The number of carbonyl (C=O) groups excluding carboxylic acids is 1. The summed E-state index contributed by atoms with van der Waals surface area (Å²) in [5, 5.41) is 2.75. The number of nitrogens with one attached hydrogen (secondary N) is 1. The van der Waals surface area contributed by atoms with Crippen LogP contribution in [0.2, 0.25) is 0 Å². The number of benzene rings is 1. The zero-order valence-electron chi connectivity index (χ0n) is 11.6. The molecule has 1 N–H and O–H groups in total. The third kappa shape index (κ3) is 2.91. The van der Waals surface area contributed by atoms with Gasteiger partial charge in [0.2, 0.25) is 5.95 Å². The van der Waals surface area contributed by atoms with Crippen molar-refractivity contribution in [1.82, 2.24) is 9.55 Å². The van der Waals surface area contributed by atoms with Crippen LogP contribution in [-0.4, -0.2) is 29.2 Å². The largest absolute Gasteiger partial charge is 0.462 e. The minimum absolute atomic E-state index is 0.155. The average molecular weight is 291 g/mol. The summed E-state index contributed by atoms with van der Waals surface area (Å²) in [7, 11) is 1.59. The lowest BCUT2D eigenvalue weighted by Crippen LogP contribution is -2.29. The van der Waals surface area contributed by atoms with E-state index in [9.17, 15) is 14.0 Å². The molecule has 2 aromatic rings. The average Bonchev–Trinajstić information content (AvgIpc) is 2.48. The molecule has 0 aliphatic carbocycles. The summed E-state index contributed by atoms with van der Waals surface area (Å²) in [6.07, 6.45) is 1.16. The molecule has 1 aromatic carbocycles. The maximum absolute atomic E-state index is 13.0. The highest BCUT2D eigenvalue weighted by Gasteiger charge is 2.17. The molecule has 0 fully saturated rings. The van der Waals surface area contributed by atoms with Gasteiger partial charge in [0.15, 0.2) is 0 Å². The van der Waals surface area contributed by atoms with Gasteiger partial charge in [-0.3, -0.25) is 4.79 Å². The number of hydrogen-bond acceptors (Lipinski definition) is 5. The molecule has 0 saturated carbocycles. The van der Waals surface area contributed by atoms with E-state index >= 15 is 0 Å². The number of esters is 1. The number of ether oxygens (including phenoxy) is 1. The Hall–Kier alpha value is -2.70. The number of rotatable bonds is 4. The molecular weight excluding hydrogens is 277 g/mol. The zero-order chi connectivity index (χ0) is 15.4. The van der Waals surface area contributed by atoms with Crippen molar-refractivity contribution in [1.29, 1.82) is 0 Å². The van der Waals surface area contributed by atoms with Crippen molar-refractivity contribution in [2.24, 2.45) is 0 Å². The van der Waals surface area contributed by atoms with E-state index in [2.05, 4.69) is 10.3 Å². The second-order valence-electron chi connectivity index (χ2n) is 4.08. The van der Waals surface area contributed by atoms with Crippen LogP contribution in [0.4, 0.5) is 10.3 Å². The monoisotopic (exact) mass is 291 g/mol. The summed E-state index contributed by atoms with van der Waals surface area (Å²) in [4.78, 5) is 28.2. The summed E-state index contributed by atoms with van der Waals surface area (Å²) >= 11 is 0. The van der Waals surface area contributed by atoms with Crippen LogP contribution in [0.25, 0.3) is 5.69 Å². The minimum atomic E-state index is -0.742. The first-order chi connectivity index (χ1) is 10.1. The Kier molecular flexibility index (Phi) is 4.32. The van der Waals surface area contributed by atoms with E-state index in [1.807, 2.05) is 0 Å². The summed E-state index contributed by atoms with van der Waals surface area (Å²) in [5.41, 5.74) is -0.371. The third-order valence-electron chi connectivity index (χ3n) is 2.77. The molecule has 1 heterocycles. The molecule has 0 saturated heterocycles. The Labute approximate surface area is 120 Å². The molecule has 0 aliphatic rings. The fourth-order valence-electron chi connectivity index (χ4n) is 1.81. The summed E-state index contributed by atoms with van der Waals surface area (Å²) in [5.74, 6) is -0.930. The highest BCUT2D eigenvalue weighted by atomic mass is 19.1. The van der Waals surface area contributed by atoms with Gasteiger partial charge in [-0.2, -0.15) is 0 Å². The van der Waals surface area contributed by atoms with Gasteiger partial charge in [-0.05, 0) is 31.2 Å². The Morgan fingerprint density at radius 3 is 2.62 bits per heavy atom. The minimum Gasteiger partial charge on any atom is -0.462 e. The fraction of sp³-hybridized carbons (Fsp3) is 0.214. The molecule has 0 spiro atoms. The van der Waals surface area contributed by atoms with Crippen molar-refractivity contribution in [3.05, 3.63) is 52.2 Å². The molecule has 7 heteroatoms. The predicted molar refractivity (Wildman–Crippen MR) is 75.3 cm³/mol. The highest BCUT2D eigenvalue weighted by Crippen LogP contribution is 2.12. The fourth-order valence-corrected chi connectivity index (χ4v) is 1.81. The van der Waals surface area contributed by atoms with Crippen molar-refractivity contribution in [2.45, 2.75) is 6.92 Å². The summed E-state index contributed by atoms with van der Waals surface area (Å²) < 4.78 is 19.0. The second kappa shape index (κ2) is 6.17. The Morgan fingerprint density at radius 2 is 2.05 bits per heavy atom. The molecule has 2 rings (SSSR count). The number of anilines is 1. The number of carbonyl (C=O) groups is 1. The van der Waals surface area contributed by atoms with Crippen LogP contribution in [0, 0.1) is 5.82 Å². The van der Waals surface area contributed by atoms with Gasteiger partial charge in [-0.15, -0.1) is 0 Å². The van der Waals surface area contributed by atoms with Crippen molar-refractivity contribution < 1.29 is 13.9 Å². The molecule has 6 nitrogen and oxygen atoms in total. The third-order valence-corrected chi connectivity index (χ3v) is 2.77. The first-order valence-electron chi connectivity index (χ1n) is 6.31. The molecule has 1 aromatic heterocycles. The molecule has 0 radical (unpaired) electrons. The van der Waals surface area contributed by atoms with Gasteiger partial charge >= 0.3 is 5.97 Å². The molecule has 0 bridgehead atoms. The number of aromatic nitrogens is 2. The second-order valence-corrected chi connectivity index (χ2v) is 4.08. The van der Waals surface area contributed by atoms with Crippen LogP contribution in [0.5, 0.6) is 0 Å². The van der Waals surface area contributed by atoms with E-state index in [4.69, 9.17) is 4.74 Å². The number of halogens is 1. The molecule has 0 amide bonds. The van der Waals surface area contributed by atoms with Crippen molar-refractivity contribution in [3.63, 3.8) is 0 Å². The van der Waals surface area contributed by atoms with E-state index in [1.165, 1.54) is 28.8 Å². The van der Waals surface area contributed by atoms with Gasteiger partial charge in [-0.25, -0.2) is 18.7 Å².